The molecule has 1 aliphatic heterocycles. The first-order valence-corrected chi connectivity index (χ1v) is 6.79. The fourth-order valence-corrected chi connectivity index (χ4v) is 2.25. The maximum atomic E-state index is 12.5. The van der Waals surface area contributed by atoms with E-state index in [2.05, 4.69) is 10.3 Å². The van der Waals surface area contributed by atoms with Crippen LogP contribution < -0.4 is 5.32 Å². The summed E-state index contributed by atoms with van der Waals surface area (Å²) in [6, 6.07) is 5.17. The second-order valence-corrected chi connectivity index (χ2v) is 4.94. The van der Waals surface area contributed by atoms with Crippen LogP contribution in [-0.4, -0.2) is 60.2 Å². The van der Waals surface area contributed by atoms with Gasteiger partial charge in [0.05, 0.1) is 18.2 Å². The molecule has 0 aromatic carbocycles. The molecule has 0 bridgehead atoms. The number of nitrogens with one attached hydrogen (secondary N) is 1. The van der Waals surface area contributed by atoms with Crippen molar-refractivity contribution in [2.45, 2.75) is 6.61 Å². The molecule has 1 atom stereocenters. The van der Waals surface area contributed by atoms with Gasteiger partial charge in [0, 0.05) is 33.3 Å². The average molecular weight is 293 g/mol. The van der Waals surface area contributed by atoms with E-state index in [1.807, 2.05) is 0 Å². The predicted molar refractivity (Wildman–Crippen MR) is 74.8 cm³/mol. The average Bonchev–Trinajstić information content (AvgIpc) is 2.73. The molecule has 1 fully saturated rings. The Labute approximate surface area is 122 Å². The normalized spacial score (nSPS) is 19.1. The second kappa shape index (κ2) is 7.14. The van der Waals surface area contributed by atoms with E-state index in [0.29, 0.717) is 37.6 Å². The first-order chi connectivity index (χ1) is 10.1. The monoisotopic (exact) mass is 293 g/mol. The van der Waals surface area contributed by atoms with E-state index < -0.39 is 11.9 Å². The third-order valence-electron chi connectivity index (χ3n) is 3.34. The lowest BCUT2D eigenvalue weighted by atomic mass is 10.1. The van der Waals surface area contributed by atoms with Gasteiger partial charge >= 0.3 is 5.97 Å². The van der Waals surface area contributed by atoms with E-state index in [9.17, 15) is 9.59 Å². The van der Waals surface area contributed by atoms with Crippen LogP contribution in [0.1, 0.15) is 16.2 Å². The molecule has 7 heteroatoms. The maximum absolute atomic E-state index is 12.5. The molecular weight excluding hydrogens is 274 g/mol. The second-order valence-electron chi connectivity index (χ2n) is 4.94. The predicted octanol–water partition coefficient (Wildman–Crippen LogP) is -0.0258. The van der Waals surface area contributed by atoms with Crippen LogP contribution in [0.2, 0.25) is 0 Å². The van der Waals surface area contributed by atoms with Gasteiger partial charge in [-0.3, -0.25) is 9.59 Å². The van der Waals surface area contributed by atoms with E-state index in [0.717, 1.165) is 0 Å². The van der Waals surface area contributed by atoms with Gasteiger partial charge in [-0.05, 0) is 12.1 Å². The molecule has 1 aromatic rings. The maximum Gasteiger partial charge on any atom is 0.309 e. The topological polar surface area (TPSA) is 91.8 Å². The SMILES string of the molecule is COCc1cccc(C(=O)N2CCNCC(C(=O)O)C2)n1. The Bertz CT molecular complexity index is 521. The Morgan fingerprint density at radius 2 is 2.33 bits per heavy atom. The smallest absolute Gasteiger partial charge is 0.309 e. The summed E-state index contributed by atoms with van der Waals surface area (Å²) in [6.45, 7) is 1.94. The van der Waals surface area contributed by atoms with Gasteiger partial charge in [-0.15, -0.1) is 0 Å². The summed E-state index contributed by atoms with van der Waals surface area (Å²) in [4.78, 5) is 29.4. The Kier molecular flexibility index (Phi) is 5.24. The Morgan fingerprint density at radius 1 is 1.52 bits per heavy atom. The number of methoxy groups -OCH3 is 1. The summed E-state index contributed by atoms with van der Waals surface area (Å²) >= 11 is 0. The van der Waals surface area contributed by atoms with Crippen LogP contribution in [0.3, 0.4) is 0 Å². The highest BCUT2D eigenvalue weighted by molar-refractivity contribution is 5.92. The molecule has 0 radical (unpaired) electrons. The van der Waals surface area contributed by atoms with Crippen molar-refractivity contribution in [3.8, 4) is 0 Å². The molecule has 1 aliphatic rings. The Hall–Kier alpha value is -1.99. The zero-order valence-corrected chi connectivity index (χ0v) is 11.9. The highest BCUT2D eigenvalue weighted by Crippen LogP contribution is 2.10. The lowest BCUT2D eigenvalue weighted by Crippen LogP contribution is -2.38. The van der Waals surface area contributed by atoms with Gasteiger partial charge in [0.25, 0.3) is 5.91 Å². The fraction of sp³-hybridized carbons (Fsp3) is 0.500. The van der Waals surface area contributed by atoms with E-state index in [1.54, 1.807) is 25.3 Å². The van der Waals surface area contributed by atoms with Gasteiger partial charge in [-0.1, -0.05) is 6.07 Å². The molecule has 1 unspecified atom stereocenters. The number of pyridine rings is 1. The summed E-state index contributed by atoms with van der Waals surface area (Å²) in [5, 5.41) is 12.2. The van der Waals surface area contributed by atoms with Crippen LogP contribution in [-0.2, 0) is 16.1 Å². The van der Waals surface area contributed by atoms with Crippen molar-refractivity contribution in [2.75, 3.05) is 33.3 Å². The van der Waals surface area contributed by atoms with Crippen LogP contribution >= 0.6 is 0 Å². The molecule has 0 aliphatic carbocycles. The third-order valence-corrected chi connectivity index (χ3v) is 3.34. The quantitative estimate of drug-likeness (QED) is 0.810. The van der Waals surface area contributed by atoms with Crippen molar-refractivity contribution in [3.63, 3.8) is 0 Å². The lowest BCUT2D eigenvalue weighted by molar-refractivity contribution is -0.141. The fourth-order valence-electron chi connectivity index (χ4n) is 2.25. The van der Waals surface area contributed by atoms with E-state index in [-0.39, 0.29) is 12.5 Å². The number of nitrogens with zero attached hydrogens (tertiary/aromatic N) is 2. The highest BCUT2D eigenvalue weighted by Gasteiger charge is 2.27. The minimum Gasteiger partial charge on any atom is -0.481 e. The van der Waals surface area contributed by atoms with Gasteiger partial charge in [0.2, 0.25) is 0 Å². The van der Waals surface area contributed by atoms with Gasteiger partial charge < -0.3 is 20.1 Å². The lowest BCUT2D eigenvalue weighted by Gasteiger charge is -2.22. The minimum absolute atomic E-state index is 0.192. The van der Waals surface area contributed by atoms with Crippen molar-refractivity contribution in [2.24, 2.45) is 5.92 Å². The summed E-state index contributed by atoms with van der Waals surface area (Å²) in [7, 11) is 1.56. The van der Waals surface area contributed by atoms with Crippen LogP contribution in [0, 0.1) is 5.92 Å². The molecule has 0 spiro atoms. The Balaban J connectivity index is 2.13. The number of carboxylic acids is 1. The number of carboxylic acid groups (broad SMARTS) is 1. The molecular formula is C14H19N3O4. The summed E-state index contributed by atoms with van der Waals surface area (Å²) in [5.74, 6) is -1.75. The summed E-state index contributed by atoms with van der Waals surface area (Å²) in [6.07, 6.45) is 0. The molecule has 1 saturated heterocycles. The van der Waals surface area contributed by atoms with Crippen molar-refractivity contribution >= 4 is 11.9 Å². The largest absolute Gasteiger partial charge is 0.481 e. The van der Waals surface area contributed by atoms with Crippen molar-refractivity contribution in [3.05, 3.63) is 29.6 Å². The molecule has 21 heavy (non-hydrogen) atoms. The zero-order chi connectivity index (χ0) is 15.2. The number of hydrogen-bond acceptors (Lipinski definition) is 5. The summed E-state index contributed by atoms with van der Waals surface area (Å²) < 4.78 is 5.00. The van der Waals surface area contributed by atoms with E-state index >= 15 is 0 Å². The van der Waals surface area contributed by atoms with Gasteiger partial charge in [0.1, 0.15) is 5.69 Å². The number of ether oxygens (including phenoxy) is 1. The standard InChI is InChI=1S/C14H19N3O4/c1-21-9-11-3-2-4-12(16-11)13(18)17-6-5-15-7-10(8-17)14(19)20/h2-4,10,15H,5-9H2,1H3,(H,19,20). The van der Waals surface area contributed by atoms with Crippen LogP contribution in [0.15, 0.2) is 18.2 Å². The number of aromatic nitrogens is 1. The van der Waals surface area contributed by atoms with Crippen LogP contribution in [0.5, 0.6) is 0 Å². The Morgan fingerprint density at radius 3 is 3.05 bits per heavy atom. The molecule has 2 rings (SSSR count). The van der Waals surface area contributed by atoms with Crippen molar-refractivity contribution in [1.82, 2.24) is 15.2 Å². The highest BCUT2D eigenvalue weighted by atomic mass is 16.5. The molecule has 2 heterocycles. The third kappa shape index (κ3) is 3.99. The number of rotatable bonds is 4. The van der Waals surface area contributed by atoms with E-state index in [4.69, 9.17) is 9.84 Å². The number of aliphatic carboxylic acids is 1. The van der Waals surface area contributed by atoms with Gasteiger partial charge in [0.15, 0.2) is 0 Å². The minimum atomic E-state index is -0.900. The molecule has 7 nitrogen and oxygen atoms in total. The first-order valence-electron chi connectivity index (χ1n) is 6.79. The van der Waals surface area contributed by atoms with Gasteiger partial charge in [-0.25, -0.2) is 4.98 Å². The van der Waals surface area contributed by atoms with Crippen molar-refractivity contribution in [1.29, 1.82) is 0 Å². The van der Waals surface area contributed by atoms with Gasteiger partial charge in [-0.2, -0.15) is 0 Å². The molecule has 2 N–H and O–H groups in total. The number of hydrogen-bond donors (Lipinski definition) is 2. The molecule has 1 aromatic heterocycles. The van der Waals surface area contributed by atoms with Crippen LogP contribution in [0.25, 0.3) is 0 Å². The number of carbonyl (C=O) groups excluding carboxylic acids is 1. The number of amides is 1. The summed E-state index contributed by atoms with van der Waals surface area (Å²) in [5.41, 5.74) is 0.988. The van der Waals surface area contributed by atoms with E-state index in [1.165, 1.54) is 4.90 Å². The first kappa shape index (κ1) is 15.4. The molecule has 0 saturated carbocycles. The molecule has 114 valence electrons. The van der Waals surface area contributed by atoms with Crippen molar-refractivity contribution < 1.29 is 19.4 Å². The van der Waals surface area contributed by atoms with Crippen LogP contribution in [0.4, 0.5) is 0 Å². The number of carbonyl (C=O) groups is 2. The zero-order valence-electron chi connectivity index (χ0n) is 11.9. The molecule has 1 amide bonds.